The molecule has 0 saturated heterocycles. The topological polar surface area (TPSA) is 79.6 Å². The molecule has 7 heteroatoms. The van der Waals surface area contributed by atoms with E-state index in [9.17, 15) is 14.4 Å². The normalized spacial score (nSPS) is 13.2. The van der Waals surface area contributed by atoms with Crippen LogP contribution in [0.25, 0.3) is 11.0 Å². The molecule has 0 bridgehead atoms. The number of nitrogens with one attached hydrogen (secondary N) is 1. The number of benzene rings is 2. The molecule has 1 N–H and O–H groups in total. The van der Waals surface area contributed by atoms with E-state index in [2.05, 4.69) is 21.2 Å². The lowest BCUT2D eigenvalue weighted by molar-refractivity contribution is -0.121. The van der Waals surface area contributed by atoms with Crippen molar-refractivity contribution >= 4 is 44.6 Å². The van der Waals surface area contributed by atoms with Crippen LogP contribution in [-0.2, 0) is 11.3 Å². The summed E-state index contributed by atoms with van der Waals surface area (Å²) in [6, 6.07) is 14.6. The third kappa shape index (κ3) is 3.57. The number of nitrogens with zero attached hydrogens (tertiary/aromatic N) is 1. The summed E-state index contributed by atoms with van der Waals surface area (Å²) in [6.45, 7) is 0.510. The highest BCUT2D eigenvalue weighted by Gasteiger charge is 2.35. The maximum absolute atomic E-state index is 12.4. The third-order valence-corrected chi connectivity index (χ3v) is 5.15. The number of rotatable bonds is 6. The van der Waals surface area contributed by atoms with Crippen LogP contribution >= 0.6 is 15.9 Å². The van der Waals surface area contributed by atoms with E-state index < -0.39 is 0 Å². The summed E-state index contributed by atoms with van der Waals surface area (Å²) in [6.07, 6.45) is 0.621. The van der Waals surface area contributed by atoms with Crippen LogP contribution in [-0.4, -0.2) is 29.2 Å². The summed E-state index contributed by atoms with van der Waals surface area (Å²) in [5.74, 6) is -0.0977. The number of para-hydroxylation sites is 1. The SMILES string of the molecule is O=C(CCCN1C(=O)c2ccc(Br)cc2C1=O)NCc1cc2ccccc2o1. The highest BCUT2D eigenvalue weighted by Crippen LogP contribution is 2.26. The highest BCUT2D eigenvalue weighted by molar-refractivity contribution is 9.10. The molecule has 0 atom stereocenters. The molecule has 1 aromatic heterocycles. The molecule has 3 amide bonds. The number of fused-ring (bicyclic) bond motifs is 2. The molecular formula is C21H17BrN2O4. The number of imide groups is 1. The van der Waals surface area contributed by atoms with Gasteiger partial charge in [0.1, 0.15) is 11.3 Å². The van der Waals surface area contributed by atoms with E-state index in [1.165, 1.54) is 4.90 Å². The predicted octanol–water partition coefficient (Wildman–Crippen LogP) is 3.89. The third-order valence-electron chi connectivity index (χ3n) is 4.65. The van der Waals surface area contributed by atoms with Gasteiger partial charge in [-0.3, -0.25) is 19.3 Å². The van der Waals surface area contributed by atoms with Gasteiger partial charge in [0.25, 0.3) is 11.8 Å². The van der Waals surface area contributed by atoms with Gasteiger partial charge in [0.15, 0.2) is 0 Å². The van der Waals surface area contributed by atoms with Crippen molar-refractivity contribution in [1.29, 1.82) is 0 Å². The lowest BCUT2D eigenvalue weighted by atomic mass is 10.1. The van der Waals surface area contributed by atoms with Crippen molar-refractivity contribution in [3.05, 3.63) is 69.9 Å². The van der Waals surface area contributed by atoms with Gasteiger partial charge in [-0.2, -0.15) is 0 Å². The molecule has 142 valence electrons. The standard InChI is InChI=1S/C21H17BrN2O4/c22-14-7-8-16-17(11-14)21(27)24(20(16)26)9-3-6-19(25)23-12-15-10-13-4-1-2-5-18(13)28-15/h1-2,4-5,7-8,10-11H,3,6,9,12H2,(H,23,25). The van der Waals surface area contributed by atoms with E-state index in [1.807, 2.05) is 30.3 Å². The second kappa shape index (κ2) is 7.59. The van der Waals surface area contributed by atoms with Crippen molar-refractivity contribution in [3.8, 4) is 0 Å². The molecule has 1 aliphatic rings. The first-order valence-electron chi connectivity index (χ1n) is 8.93. The van der Waals surface area contributed by atoms with E-state index >= 15 is 0 Å². The zero-order chi connectivity index (χ0) is 19.7. The Morgan fingerprint density at radius 1 is 1.04 bits per heavy atom. The van der Waals surface area contributed by atoms with Crippen molar-refractivity contribution in [1.82, 2.24) is 10.2 Å². The molecule has 0 unspecified atom stereocenters. The fraction of sp³-hybridized carbons (Fsp3) is 0.190. The summed E-state index contributed by atoms with van der Waals surface area (Å²) in [5, 5.41) is 3.79. The van der Waals surface area contributed by atoms with Crippen LogP contribution in [0.3, 0.4) is 0 Å². The molecular weight excluding hydrogens is 424 g/mol. The van der Waals surface area contributed by atoms with Gasteiger partial charge < -0.3 is 9.73 Å². The van der Waals surface area contributed by atoms with Crippen molar-refractivity contribution in [2.24, 2.45) is 0 Å². The number of hydrogen-bond donors (Lipinski definition) is 1. The largest absolute Gasteiger partial charge is 0.459 e. The first-order chi connectivity index (χ1) is 13.5. The lowest BCUT2D eigenvalue weighted by Gasteiger charge is -2.13. The molecule has 0 spiro atoms. The molecule has 28 heavy (non-hydrogen) atoms. The van der Waals surface area contributed by atoms with Crippen molar-refractivity contribution in [2.45, 2.75) is 19.4 Å². The first kappa shape index (κ1) is 18.4. The Labute approximate surface area is 169 Å². The van der Waals surface area contributed by atoms with Gasteiger partial charge in [-0.15, -0.1) is 0 Å². The predicted molar refractivity (Wildman–Crippen MR) is 107 cm³/mol. The summed E-state index contributed by atoms with van der Waals surface area (Å²) in [7, 11) is 0. The Morgan fingerprint density at radius 3 is 2.64 bits per heavy atom. The maximum Gasteiger partial charge on any atom is 0.261 e. The van der Waals surface area contributed by atoms with Crippen molar-refractivity contribution < 1.29 is 18.8 Å². The highest BCUT2D eigenvalue weighted by atomic mass is 79.9. The van der Waals surface area contributed by atoms with E-state index in [-0.39, 0.29) is 30.7 Å². The number of halogens is 1. The molecule has 0 aliphatic carbocycles. The monoisotopic (exact) mass is 440 g/mol. The van der Waals surface area contributed by atoms with Gasteiger partial charge in [-0.1, -0.05) is 34.1 Å². The first-order valence-corrected chi connectivity index (χ1v) is 9.72. The number of amides is 3. The minimum atomic E-state index is -0.316. The average molecular weight is 441 g/mol. The van der Waals surface area contributed by atoms with E-state index in [4.69, 9.17) is 4.42 Å². The number of hydrogen-bond acceptors (Lipinski definition) is 4. The van der Waals surface area contributed by atoms with Crippen LogP contribution in [0.2, 0.25) is 0 Å². The van der Waals surface area contributed by atoms with Gasteiger partial charge >= 0.3 is 0 Å². The molecule has 2 aromatic carbocycles. The summed E-state index contributed by atoms with van der Waals surface area (Å²) in [5.41, 5.74) is 1.58. The molecule has 2 heterocycles. The Bertz CT molecular complexity index is 1060. The number of carbonyl (C=O) groups is 3. The van der Waals surface area contributed by atoms with E-state index in [1.54, 1.807) is 18.2 Å². The van der Waals surface area contributed by atoms with Gasteiger partial charge in [0.05, 0.1) is 17.7 Å². The molecule has 3 aromatic rings. The second-order valence-corrected chi connectivity index (χ2v) is 7.50. The van der Waals surface area contributed by atoms with Crippen LogP contribution < -0.4 is 5.32 Å². The smallest absolute Gasteiger partial charge is 0.261 e. The Morgan fingerprint density at radius 2 is 1.82 bits per heavy atom. The summed E-state index contributed by atoms with van der Waals surface area (Å²) >= 11 is 3.31. The van der Waals surface area contributed by atoms with Gasteiger partial charge in [0, 0.05) is 22.8 Å². The van der Waals surface area contributed by atoms with Gasteiger partial charge in [-0.05, 0) is 36.8 Å². The molecule has 6 nitrogen and oxygen atoms in total. The summed E-state index contributed by atoms with van der Waals surface area (Å²) in [4.78, 5) is 38.1. The second-order valence-electron chi connectivity index (χ2n) is 6.58. The maximum atomic E-state index is 12.4. The quantitative estimate of drug-likeness (QED) is 0.589. The fourth-order valence-electron chi connectivity index (χ4n) is 3.26. The number of furan rings is 1. The van der Waals surface area contributed by atoms with Crippen LogP contribution in [0.1, 0.15) is 39.3 Å². The Hall–Kier alpha value is -2.93. The lowest BCUT2D eigenvalue weighted by Crippen LogP contribution is -2.32. The Kier molecular flexibility index (Phi) is 5.00. The van der Waals surface area contributed by atoms with Crippen LogP contribution in [0.5, 0.6) is 0 Å². The molecule has 0 saturated carbocycles. The van der Waals surface area contributed by atoms with Crippen LogP contribution in [0, 0.1) is 0 Å². The van der Waals surface area contributed by atoms with Crippen LogP contribution in [0.4, 0.5) is 0 Å². The minimum absolute atomic E-state index is 0.153. The van der Waals surface area contributed by atoms with Crippen molar-refractivity contribution in [2.75, 3.05) is 6.54 Å². The molecule has 4 rings (SSSR count). The van der Waals surface area contributed by atoms with Crippen LogP contribution in [0.15, 0.2) is 57.4 Å². The zero-order valence-electron chi connectivity index (χ0n) is 14.9. The van der Waals surface area contributed by atoms with E-state index in [0.29, 0.717) is 29.9 Å². The van der Waals surface area contributed by atoms with Gasteiger partial charge in [-0.25, -0.2) is 0 Å². The van der Waals surface area contributed by atoms with E-state index in [0.717, 1.165) is 15.4 Å². The number of carbonyl (C=O) groups excluding carboxylic acids is 3. The molecule has 0 fully saturated rings. The molecule has 1 aliphatic heterocycles. The van der Waals surface area contributed by atoms with Gasteiger partial charge in [0.2, 0.25) is 5.91 Å². The summed E-state index contributed by atoms with van der Waals surface area (Å²) < 4.78 is 6.41. The minimum Gasteiger partial charge on any atom is -0.459 e. The Balaban J connectivity index is 1.27. The zero-order valence-corrected chi connectivity index (χ0v) is 16.5. The molecule has 0 radical (unpaired) electrons. The average Bonchev–Trinajstić information content (AvgIpc) is 3.20. The fourth-order valence-corrected chi connectivity index (χ4v) is 3.62. The van der Waals surface area contributed by atoms with Crippen molar-refractivity contribution in [3.63, 3.8) is 0 Å².